The highest BCUT2D eigenvalue weighted by atomic mass is 15.2. The van der Waals surface area contributed by atoms with Crippen molar-refractivity contribution in [3.8, 4) is 0 Å². The van der Waals surface area contributed by atoms with E-state index < -0.39 is 0 Å². The second-order valence-electron chi connectivity index (χ2n) is 7.15. The molecule has 0 aromatic carbocycles. The quantitative estimate of drug-likeness (QED) is 0.810. The highest BCUT2D eigenvalue weighted by Crippen LogP contribution is 2.37. The van der Waals surface area contributed by atoms with E-state index in [2.05, 4.69) is 31.0 Å². The van der Waals surface area contributed by atoms with E-state index >= 15 is 0 Å². The summed E-state index contributed by atoms with van der Waals surface area (Å²) in [6, 6.07) is 1.62. The van der Waals surface area contributed by atoms with Gasteiger partial charge in [-0.25, -0.2) is 0 Å². The van der Waals surface area contributed by atoms with Crippen LogP contribution in [0.4, 0.5) is 0 Å². The Labute approximate surface area is 114 Å². The molecule has 2 atom stereocenters. The van der Waals surface area contributed by atoms with E-state index in [0.717, 1.165) is 12.1 Å². The molecule has 1 saturated carbocycles. The van der Waals surface area contributed by atoms with Crippen LogP contribution < -0.4 is 5.32 Å². The molecule has 0 bridgehead atoms. The third-order valence-corrected chi connectivity index (χ3v) is 5.01. The van der Waals surface area contributed by atoms with Gasteiger partial charge in [0.1, 0.15) is 0 Å². The highest BCUT2D eigenvalue weighted by molar-refractivity contribution is 4.86. The van der Waals surface area contributed by atoms with Crippen LogP contribution >= 0.6 is 0 Å². The van der Waals surface area contributed by atoms with Crippen LogP contribution in [0.5, 0.6) is 0 Å². The van der Waals surface area contributed by atoms with Crippen LogP contribution in [0.2, 0.25) is 0 Å². The second kappa shape index (κ2) is 6.38. The van der Waals surface area contributed by atoms with Crippen LogP contribution in [-0.4, -0.2) is 36.6 Å². The van der Waals surface area contributed by atoms with Gasteiger partial charge < -0.3 is 10.2 Å². The van der Waals surface area contributed by atoms with Gasteiger partial charge in [-0.2, -0.15) is 0 Å². The van der Waals surface area contributed by atoms with E-state index in [9.17, 15) is 0 Å². The van der Waals surface area contributed by atoms with Crippen LogP contribution in [0.15, 0.2) is 0 Å². The van der Waals surface area contributed by atoms with Gasteiger partial charge in [-0.05, 0) is 63.6 Å². The van der Waals surface area contributed by atoms with Crippen LogP contribution in [0.3, 0.4) is 0 Å². The Morgan fingerprint density at radius 2 is 2.00 bits per heavy atom. The summed E-state index contributed by atoms with van der Waals surface area (Å²) >= 11 is 0. The smallest absolute Gasteiger partial charge is 0.0100 e. The molecule has 2 nitrogen and oxygen atoms in total. The minimum Gasteiger partial charge on any atom is -0.314 e. The first-order valence-electron chi connectivity index (χ1n) is 8.08. The number of hydrogen-bond acceptors (Lipinski definition) is 2. The fourth-order valence-corrected chi connectivity index (χ4v) is 3.81. The molecule has 0 amide bonds. The number of nitrogens with one attached hydrogen (secondary N) is 1. The number of nitrogens with zero attached hydrogens (tertiary/aromatic N) is 1. The topological polar surface area (TPSA) is 15.3 Å². The summed E-state index contributed by atoms with van der Waals surface area (Å²) < 4.78 is 0. The minimum absolute atomic E-state index is 0.577. The lowest BCUT2D eigenvalue weighted by molar-refractivity contribution is 0.0847. The molecule has 2 aliphatic rings. The standard InChI is InChI=1S/C16H32N2/c1-4-14-8-12-18(11-6-10-17-14)15-7-5-9-16(2,3)13-15/h14-15,17H,4-13H2,1-3H3. The Morgan fingerprint density at radius 1 is 1.17 bits per heavy atom. The number of rotatable bonds is 2. The Morgan fingerprint density at radius 3 is 2.72 bits per heavy atom. The zero-order chi connectivity index (χ0) is 13.0. The summed E-state index contributed by atoms with van der Waals surface area (Å²) in [4.78, 5) is 2.81. The maximum Gasteiger partial charge on any atom is 0.0100 e. The van der Waals surface area contributed by atoms with Gasteiger partial charge in [-0.1, -0.05) is 27.2 Å². The molecule has 2 fully saturated rings. The van der Waals surface area contributed by atoms with Gasteiger partial charge in [-0.15, -0.1) is 0 Å². The zero-order valence-electron chi connectivity index (χ0n) is 12.7. The van der Waals surface area contributed by atoms with E-state index in [0.29, 0.717) is 5.41 Å². The molecule has 0 aromatic heterocycles. The summed E-state index contributed by atoms with van der Waals surface area (Å²) in [5.74, 6) is 0. The maximum absolute atomic E-state index is 3.68. The molecule has 0 spiro atoms. The van der Waals surface area contributed by atoms with Crippen LogP contribution in [-0.2, 0) is 0 Å². The van der Waals surface area contributed by atoms with Crippen molar-refractivity contribution in [2.75, 3.05) is 19.6 Å². The molecular weight excluding hydrogens is 220 g/mol. The van der Waals surface area contributed by atoms with Gasteiger partial charge in [0, 0.05) is 12.1 Å². The predicted octanol–water partition coefficient (Wildman–Crippen LogP) is 3.42. The highest BCUT2D eigenvalue weighted by Gasteiger charge is 2.31. The molecular formula is C16H32N2. The van der Waals surface area contributed by atoms with Gasteiger partial charge in [0.2, 0.25) is 0 Å². The van der Waals surface area contributed by atoms with Crippen molar-refractivity contribution in [1.29, 1.82) is 0 Å². The Balaban J connectivity index is 1.90. The molecule has 1 aliphatic carbocycles. The predicted molar refractivity (Wildman–Crippen MR) is 78.9 cm³/mol. The Bertz CT molecular complexity index is 249. The van der Waals surface area contributed by atoms with E-state index in [1.165, 1.54) is 64.6 Å². The molecule has 0 radical (unpaired) electrons. The summed E-state index contributed by atoms with van der Waals surface area (Å²) in [6.45, 7) is 11.1. The van der Waals surface area contributed by atoms with E-state index in [4.69, 9.17) is 0 Å². The molecule has 1 aliphatic heterocycles. The van der Waals surface area contributed by atoms with Gasteiger partial charge in [0.05, 0.1) is 0 Å². The number of hydrogen-bond donors (Lipinski definition) is 1. The average molecular weight is 252 g/mol. The molecule has 106 valence electrons. The summed E-state index contributed by atoms with van der Waals surface area (Å²) in [5.41, 5.74) is 0.577. The lowest BCUT2D eigenvalue weighted by Gasteiger charge is -2.42. The molecule has 1 heterocycles. The van der Waals surface area contributed by atoms with Crippen molar-refractivity contribution in [3.63, 3.8) is 0 Å². The van der Waals surface area contributed by atoms with E-state index in [1.54, 1.807) is 0 Å². The van der Waals surface area contributed by atoms with E-state index in [-0.39, 0.29) is 0 Å². The lowest BCUT2D eigenvalue weighted by atomic mass is 9.74. The zero-order valence-corrected chi connectivity index (χ0v) is 12.7. The van der Waals surface area contributed by atoms with E-state index in [1.807, 2.05) is 0 Å². The van der Waals surface area contributed by atoms with Crippen molar-refractivity contribution in [3.05, 3.63) is 0 Å². The van der Waals surface area contributed by atoms with Crippen molar-refractivity contribution in [2.45, 2.75) is 77.8 Å². The largest absolute Gasteiger partial charge is 0.314 e. The van der Waals surface area contributed by atoms with Gasteiger partial charge in [-0.3, -0.25) is 0 Å². The van der Waals surface area contributed by atoms with Crippen molar-refractivity contribution in [2.24, 2.45) is 5.41 Å². The lowest BCUT2D eigenvalue weighted by Crippen LogP contribution is -2.46. The molecule has 2 heteroatoms. The summed E-state index contributed by atoms with van der Waals surface area (Å²) in [5, 5.41) is 3.68. The molecule has 2 unspecified atom stereocenters. The third kappa shape index (κ3) is 3.96. The average Bonchev–Trinajstić information content (AvgIpc) is 2.28. The first kappa shape index (κ1) is 14.3. The molecule has 1 saturated heterocycles. The SMILES string of the molecule is CCC1CCN(C2CCCC(C)(C)C2)CCCN1. The molecule has 1 N–H and O–H groups in total. The van der Waals surface area contributed by atoms with Crippen LogP contribution in [0.25, 0.3) is 0 Å². The van der Waals surface area contributed by atoms with Crippen molar-refractivity contribution < 1.29 is 0 Å². The first-order valence-corrected chi connectivity index (χ1v) is 8.08. The summed E-state index contributed by atoms with van der Waals surface area (Å²) in [7, 11) is 0. The fourth-order valence-electron chi connectivity index (χ4n) is 3.81. The second-order valence-corrected chi connectivity index (χ2v) is 7.15. The summed E-state index contributed by atoms with van der Waals surface area (Å²) in [6.07, 6.45) is 9.66. The fraction of sp³-hybridized carbons (Fsp3) is 1.00. The van der Waals surface area contributed by atoms with Crippen molar-refractivity contribution in [1.82, 2.24) is 10.2 Å². The Hall–Kier alpha value is -0.0800. The van der Waals surface area contributed by atoms with Crippen LogP contribution in [0.1, 0.15) is 65.7 Å². The normalized spacial score (nSPS) is 34.8. The van der Waals surface area contributed by atoms with Gasteiger partial charge in [0.15, 0.2) is 0 Å². The third-order valence-electron chi connectivity index (χ3n) is 5.01. The molecule has 0 aromatic rings. The van der Waals surface area contributed by atoms with Crippen molar-refractivity contribution >= 4 is 0 Å². The monoisotopic (exact) mass is 252 g/mol. The minimum atomic E-state index is 0.577. The van der Waals surface area contributed by atoms with Gasteiger partial charge >= 0.3 is 0 Å². The van der Waals surface area contributed by atoms with Gasteiger partial charge in [0.25, 0.3) is 0 Å². The molecule has 18 heavy (non-hydrogen) atoms. The van der Waals surface area contributed by atoms with Crippen LogP contribution in [0, 0.1) is 5.41 Å². The first-order chi connectivity index (χ1) is 8.61. The molecule has 2 rings (SSSR count). The Kier molecular flexibility index (Phi) is 5.08. The maximum atomic E-state index is 3.68.